The lowest BCUT2D eigenvalue weighted by atomic mass is 10.5. The zero-order chi connectivity index (χ0) is 11.1. The Kier molecular flexibility index (Phi) is 5.06. The van der Waals surface area contributed by atoms with Gasteiger partial charge >= 0.3 is 0 Å². The number of carbonyl (C=O) groups excluding carboxylic acids is 1. The highest BCUT2D eigenvalue weighted by atomic mass is 32.1. The van der Waals surface area contributed by atoms with Gasteiger partial charge in [0.2, 0.25) is 5.91 Å². The number of aromatic nitrogens is 1. The molecule has 0 unspecified atom stereocenters. The molecule has 84 valence electrons. The number of amides is 1. The summed E-state index contributed by atoms with van der Waals surface area (Å²) in [5, 5.41) is 10.7. The largest absolute Gasteiger partial charge is 0.376 e. The third-order valence-electron chi connectivity index (χ3n) is 1.68. The second-order valence-corrected chi connectivity index (χ2v) is 4.07. The summed E-state index contributed by atoms with van der Waals surface area (Å²) in [6.45, 7) is 3.75. The number of hydrogen-bond acceptors (Lipinski definition) is 5. The van der Waals surface area contributed by atoms with Crippen LogP contribution in [0.2, 0.25) is 0 Å². The molecule has 0 fully saturated rings. The van der Waals surface area contributed by atoms with E-state index in [2.05, 4.69) is 20.9 Å². The van der Waals surface area contributed by atoms with Crippen LogP contribution in [0.5, 0.6) is 0 Å². The van der Waals surface area contributed by atoms with Crippen LogP contribution in [0.4, 0.5) is 5.00 Å². The van der Waals surface area contributed by atoms with Crippen LogP contribution in [0.3, 0.4) is 0 Å². The van der Waals surface area contributed by atoms with Gasteiger partial charge in [-0.3, -0.25) is 4.79 Å². The molecule has 0 atom stereocenters. The van der Waals surface area contributed by atoms with Gasteiger partial charge in [0.05, 0.1) is 19.3 Å². The lowest BCUT2D eigenvalue weighted by Crippen LogP contribution is -2.31. The highest BCUT2D eigenvalue weighted by Crippen LogP contribution is 2.17. The van der Waals surface area contributed by atoms with E-state index in [9.17, 15) is 4.79 Å². The van der Waals surface area contributed by atoms with Crippen molar-refractivity contribution in [2.45, 2.75) is 13.5 Å². The smallest absolute Gasteiger partial charge is 0.234 e. The predicted molar refractivity (Wildman–Crippen MR) is 62.1 cm³/mol. The zero-order valence-corrected chi connectivity index (χ0v) is 9.78. The number of nitrogens with zero attached hydrogens (tertiary/aromatic N) is 1. The minimum atomic E-state index is -0.0160. The second kappa shape index (κ2) is 6.36. The summed E-state index contributed by atoms with van der Waals surface area (Å²) in [7, 11) is 1.74. The molecule has 1 heterocycles. The van der Waals surface area contributed by atoms with E-state index in [1.54, 1.807) is 24.6 Å². The number of anilines is 1. The van der Waals surface area contributed by atoms with Crippen LogP contribution in [0.1, 0.15) is 11.9 Å². The Bertz CT molecular complexity index is 313. The molecular formula is C9H16N4OS. The Labute approximate surface area is 93.3 Å². The van der Waals surface area contributed by atoms with Crippen LogP contribution in [0.25, 0.3) is 0 Å². The van der Waals surface area contributed by atoms with Gasteiger partial charge in [0.25, 0.3) is 0 Å². The van der Waals surface area contributed by atoms with E-state index in [4.69, 9.17) is 0 Å². The standard InChI is InChI=1S/C9H16N4OS/c1-3-11-8-6-13-9(15-8)5-12-7(14)4-10-2/h6,10-11H,3-5H2,1-2H3,(H,12,14). The Morgan fingerprint density at radius 1 is 1.60 bits per heavy atom. The van der Waals surface area contributed by atoms with Crippen molar-refractivity contribution in [1.29, 1.82) is 0 Å². The van der Waals surface area contributed by atoms with Gasteiger partial charge in [-0.15, -0.1) is 0 Å². The Balaban J connectivity index is 2.34. The maximum atomic E-state index is 11.1. The van der Waals surface area contributed by atoms with Gasteiger partial charge in [-0.1, -0.05) is 11.3 Å². The lowest BCUT2D eigenvalue weighted by Gasteiger charge is -2.01. The van der Waals surface area contributed by atoms with Crippen molar-refractivity contribution in [3.63, 3.8) is 0 Å². The predicted octanol–water partition coefficient (Wildman–Crippen LogP) is 0.410. The topological polar surface area (TPSA) is 66.0 Å². The molecule has 0 aliphatic heterocycles. The first-order chi connectivity index (χ1) is 7.26. The molecule has 1 aromatic rings. The molecule has 15 heavy (non-hydrogen) atoms. The van der Waals surface area contributed by atoms with Crippen molar-refractivity contribution in [2.24, 2.45) is 0 Å². The van der Waals surface area contributed by atoms with Gasteiger partial charge in [-0.05, 0) is 14.0 Å². The number of rotatable bonds is 6. The molecular weight excluding hydrogens is 212 g/mol. The van der Waals surface area contributed by atoms with Gasteiger partial charge in [-0.2, -0.15) is 0 Å². The maximum absolute atomic E-state index is 11.1. The van der Waals surface area contributed by atoms with Crippen LogP contribution in [0, 0.1) is 0 Å². The number of thiazole rings is 1. The molecule has 0 saturated carbocycles. The van der Waals surface area contributed by atoms with E-state index in [-0.39, 0.29) is 5.91 Å². The van der Waals surface area contributed by atoms with Crippen molar-refractivity contribution in [3.8, 4) is 0 Å². The van der Waals surface area contributed by atoms with Crippen LogP contribution in [0.15, 0.2) is 6.20 Å². The molecule has 0 aliphatic carbocycles. The average Bonchev–Trinajstić information content (AvgIpc) is 2.64. The minimum absolute atomic E-state index is 0.0160. The summed E-state index contributed by atoms with van der Waals surface area (Å²) in [5.41, 5.74) is 0. The van der Waals surface area contributed by atoms with Crippen molar-refractivity contribution in [2.75, 3.05) is 25.5 Å². The highest BCUT2D eigenvalue weighted by Gasteiger charge is 2.03. The van der Waals surface area contributed by atoms with Crippen molar-refractivity contribution in [1.82, 2.24) is 15.6 Å². The molecule has 5 nitrogen and oxygen atoms in total. The van der Waals surface area contributed by atoms with Gasteiger partial charge < -0.3 is 16.0 Å². The summed E-state index contributed by atoms with van der Waals surface area (Å²) in [6.07, 6.45) is 1.79. The molecule has 1 rings (SSSR count). The van der Waals surface area contributed by atoms with Crippen LogP contribution < -0.4 is 16.0 Å². The van der Waals surface area contributed by atoms with Gasteiger partial charge in [0.1, 0.15) is 10.0 Å². The molecule has 0 spiro atoms. The molecule has 3 N–H and O–H groups in total. The minimum Gasteiger partial charge on any atom is -0.376 e. The third-order valence-corrected chi connectivity index (χ3v) is 2.63. The highest BCUT2D eigenvalue weighted by molar-refractivity contribution is 7.15. The molecule has 0 saturated heterocycles. The second-order valence-electron chi connectivity index (χ2n) is 2.96. The van der Waals surface area contributed by atoms with Crippen LogP contribution in [-0.2, 0) is 11.3 Å². The summed E-state index contributed by atoms with van der Waals surface area (Å²) in [5.74, 6) is -0.0160. The lowest BCUT2D eigenvalue weighted by molar-refractivity contribution is -0.120. The fourth-order valence-electron chi connectivity index (χ4n) is 1.05. The fraction of sp³-hybridized carbons (Fsp3) is 0.556. The van der Waals surface area contributed by atoms with Crippen molar-refractivity contribution in [3.05, 3.63) is 11.2 Å². The number of likely N-dealkylation sites (N-methyl/N-ethyl adjacent to an activating group) is 1. The van der Waals surface area contributed by atoms with Gasteiger partial charge in [-0.25, -0.2) is 4.98 Å². The van der Waals surface area contributed by atoms with Crippen molar-refractivity contribution >= 4 is 22.2 Å². The first kappa shape index (κ1) is 11.9. The van der Waals surface area contributed by atoms with E-state index in [0.717, 1.165) is 16.6 Å². The number of nitrogens with one attached hydrogen (secondary N) is 3. The van der Waals surface area contributed by atoms with Gasteiger partial charge in [0, 0.05) is 6.54 Å². The molecule has 6 heteroatoms. The van der Waals surface area contributed by atoms with E-state index in [0.29, 0.717) is 13.1 Å². The summed E-state index contributed by atoms with van der Waals surface area (Å²) >= 11 is 1.56. The Hall–Kier alpha value is -1.14. The molecule has 0 aromatic carbocycles. The number of carbonyl (C=O) groups is 1. The van der Waals surface area contributed by atoms with E-state index in [1.807, 2.05) is 6.92 Å². The quantitative estimate of drug-likeness (QED) is 0.660. The number of hydrogen-bond donors (Lipinski definition) is 3. The monoisotopic (exact) mass is 228 g/mol. The SMILES string of the molecule is CCNc1cnc(CNC(=O)CNC)s1. The Morgan fingerprint density at radius 2 is 2.40 bits per heavy atom. The molecule has 0 radical (unpaired) electrons. The van der Waals surface area contributed by atoms with Crippen LogP contribution in [-0.4, -0.2) is 31.0 Å². The zero-order valence-electron chi connectivity index (χ0n) is 8.96. The maximum Gasteiger partial charge on any atom is 0.234 e. The first-order valence-electron chi connectivity index (χ1n) is 4.86. The van der Waals surface area contributed by atoms with E-state index >= 15 is 0 Å². The third kappa shape index (κ3) is 4.26. The summed E-state index contributed by atoms with van der Waals surface area (Å²) < 4.78 is 0. The Morgan fingerprint density at radius 3 is 3.07 bits per heavy atom. The molecule has 0 aliphatic rings. The average molecular weight is 228 g/mol. The first-order valence-corrected chi connectivity index (χ1v) is 5.67. The van der Waals surface area contributed by atoms with Gasteiger partial charge in [0.15, 0.2) is 0 Å². The van der Waals surface area contributed by atoms with E-state index in [1.165, 1.54) is 0 Å². The fourth-order valence-corrected chi connectivity index (χ4v) is 1.87. The van der Waals surface area contributed by atoms with Crippen LogP contribution >= 0.6 is 11.3 Å². The summed E-state index contributed by atoms with van der Waals surface area (Å²) in [4.78, 5) is 15.3. The normalized spacial score (nSPS) is 10.0. The van der Waals surface area contributed by atoms with E-state index < -0.39 is 0 Å². The summed E-state index contributed by atoms with van der Waals surface area (Å²) in [6, 6.07) is 0. The molecule has 1 aromatic heterocycles. The molecule has 1 amide bonds. The van der Waals surface area contributed by atoms with Crippen molar-refractivity contribution < 1.29 is 4.79 Å². The molecule has 0 bridgehead atoms.